The predicted octanol–water partition coefficient (Wildman–Crippen LogP) is 4.96. The van der Waals surface area contributed by atoms with Gasteiger partial charge in [-0.25, -0.2) is 0 Å². The smallest absolute Gasteiger partial charge is 0.254 e. The number of nitrogens with zero attached hydrogens (tertiary/aromatic N) is 2. The minimum Gasteiger partial charge on any atom is -0.497 e. The van der Waals surface area contributed by atoms with Gasteiger partial charge in [-0.05, 0) is 49.2 Å². The van der Waals surface area contributed by atoms with Crippen LogP contribution in [-0.4, -0.2) is 51.1 Å². The lowest BCUT2D eigenvalue weighted by molar-refractivity contribution is -0.121. The molecule has 1 aliphatic rings. The number of likely N-dealkylation sites (tertiary alicyclic amines) is 1. The maximum atomic E-state index is 13.1. The Kier molecular flexibility index (Phi) is 7.55. The van der Waals surface area contributed by atoms with E-state index in [1.54, 1.807) is 37.3 Å². The number of benzene rings is 3. The average molecular weight is 474 g/mol. The van der Waals surface area contributed by atoms with Crippen molar-refractivity contribution in [3.05, 3.63) is 78.4 Å². The molecular formula is C28H31N3O4. The highest BCUT2D eigenvalue weighted by Crippen LogP contribution is 2.32. The first-order valence-electron chi connectivity index (χ1n) is 11.7. The van der Waals surface area contributed by atoms with E-state index in [9.17, 15) is 9.59 Å². The highest BCUT2D eigenvalue weighted by atomic mass is 16.5. The Labute approximate surface area is 206 Å². The Bertz CT molecular complexity index is 1150. The van der Waals surface area contributed by atoms with Crippen LogP contribution in [0.25, 0.3) is 0 Å². The van der Waals surface area contributed by atoms with E-state index in [1.165, 1.54) is 0 Å². The molecule has 0 bridgehead atoms. The van der Waals surface area contributed by atoms with Crippen molar-refractivity contribution in [2.45, 2.75) is 12.8 Å². The zero-order chi connectivity index (χ0) is 24.8. The summed E-state index contributed by atoms with van der Waals surface area (Å²) < 4.78 is 10.6. The number of nitrogens with one attached hydrogen (secondary N) is 1. The number of methoxy groups -OCH3 is 2. The summed E-state index contributed by atoms with van der Waals surface area (Å²) in [4.78, 5) is 30.0. The third-order valence-corrected chi connectivity index (χ3v) is 6.42. The van der Waals surface area contributed by atoms with Gasteiger partial charge in [0.15, 0.2) is 0 Å². The monoisotopic (exact) mass is 473 g/mol. The number of anilines is 3. The molecule has 7 nitrogen and oxygen atoms in total. The second-order valence-corrected chi connectivity index (χ2v) is 8.57. The topological polar surface area (TPSA) is 71.1 Å². The average Bonchev–Trinajstić information content (AvgIpc) is 2.92. The van der Waals surface area contributed by atoms with Gasteiger partial charge in [0.05, 0.1) is 25.6 Å². The number of carbonyl (C=O) groups excluding carboxylic acids is 2. The molecule has 1 aliphatic heterocycles. The largest absolute Gasteiger partial charge is 0.497 e. The summed E-state index contributed by atoms with van der Waals surface area (Å²) in [6.45, 7) is 1.03. The number of hydrogen-bond donors (Lipinski definition) is 1. The Balaban J connectivity index is 1.40. The summed E-state index contributed by atoms with van der Waals surface area (Å²) >= 11 is 0. The molecule has 0 aromatic heterocycles. The number of amides is 2. The van der Waals surface area contributed by atoms with E-state index in [2.05, 4.69) is 10.2 Å². The molecule has 3 aromatic rings. The molecule has 0 aliphatic carbocycles. The van der Waals surface area contributed by atoms with Gasteiger partial charge in [-0.2, -0.15) is 0 Å². The molecule has 1 saturated heterocycles. The van der Waals surface area contributed by atoms with Crippen LogP contribution in [0, 0.1) is 5.92 Å². The number of para-hydroxylation sites is 3. The van der Waals surface area contributed by atoms with E-state index >= 15 is 0 Å². The Morgan fingerprint density at radius 2 is 1.49 bits per heavy atom. The summed E-state index contributed by atoms with van der Waals surface area (Å²) in [6, 6.07) is 23.0. The molecule has 4 rings (SSSR count). The van der Waals surface area contributed by atoms with Crippen molar-refractivity contribution in [2.24, 2.45) is 5.92 Å². The first-order chi connectivity index (χ1) is 17.0. The molecule has 7 heteroatoms. The molecule has 1 N–H and O–H groups in total. The highest BCUT2D eigenvalue weighted by Gasteiger charge is 2.29. The van der Waals surface area contributed by atoms with Crippen LogP contribution in [-0.2, 0) is 4.79 Å². The second kappa shape index (κ2) is 11.0. The molecule has 2 amide bonds. The van der Waals surface area contributed by atoms with Crippen molar-refractivity contribution in [1.29, 1.82) is 0 Å². The summed E-state index contributed by atoms with van der Waals surface area (Å²) in [5, 5.41) is 3.12. The summed E-state index contributed by atoms with van der Waals surface area (Å²) in [7, 11) is 5.10. The molecule has 3 aromatic carbocycles. The fourth-order valence-corrected chi connectivity index (χ4v) is 4.36. The van der Waals surface area contributed by atoms with Crippen LogP contribution in [0.15, 0.2) is 72.8 Å². The Morgan fingerprint density at radius 1 is 0.886 bits per heavy atom. The molecule has 35 heavy (non-hydrogen) atoms. The quantitative estimate of drug-likeness (QED) is 0.525. The van der Waals surface area contributed by atoms with Gasteiger partial charge < -0.3 is 24.6 Å². The van der Waals surface area contributed by atoms with E-state index in [0.29, 0.717) is 43.0 Å². The molecule has 1 heterocycles. The van der Waals surface area contributed by atoms with Crippen LogP contribution in [0.5, 0.6) is 11.5 Å². The molecule has 0 saturated carbocycles. The standard InChI is InChI=1S/C28H31N3O4/c1-30(22-9-5-4-6-10-22)26-12-8-7-11-25(26)29-27(32)20-13-15-31(16-14-20)28(33)21-17-23(34-2)19-24(18-21)35-3/h4-12,17-20H,13-16H2,1-3H3,(H,29,32). The Morgan fingerprint density at radius 3 is 2.11 bits per heavy atom. The number of hydrogen-bond acceptors (Lipinski definition) is 5. The summed E-state index contributed by atoms with van der Waals surface area (Å²) in [5.74, 6) is 0.876. The van der Waals surface area contributed by atoms with E-state index in [1.807, 2.05) is 61.6 Å². The van der Waals surface area contributed by atoms with Crippen LogP contribution < -0.4 is 19.7 Å². The van der Waals surface area contributed by atoms with Gasteiger partial charge in [0.1, 0.15) is 11.5 Å². The van der Waals surface area contributed by atoms with Crippen LogP contribution in [0.1, 0.15) is 23.2 Å². The highest BCUT2D eigenvalue weighted by molar-refractivity contribution is 5.97. The zero-order valence-electron chi connectivity index (χ0n) is 20.4. The molecule has 0 spiro atoms. The molecule has 0 atom stereocenters. The second-order valence-electron chi connectivity index (χ2n) is 8.57. The van der Waals surface area contributed by atoms with Gasteiger partial charge in [0, 0.05) is 43.4 Å². The normalized spacial score (nSPS) is 13.7. The molecule has 1 fully saturated rings. The molecule has 182 valence electrons. The van der Waals surface area contributed by atoms with Crippen molar-refractivity contribution >= 4 is 28.9 Å². The SMILES string of the molecule is COc1cc(OC)cc(C(=O)N2CCC(C(=O)Nc3ccccc3N(C)c3ccccc3)CC2)c1. The predicted molar refractivity (Wildman–Crippen MR) is 138 cm³/mol. The fraction of sp³-hybridized carbons (Fsp3) is 0.286. The minimum atomic E-state index is -0.158. The molecular weight excluding hydrogens is 442 g/mol. The maximum absolute atomic E-state index is 13.1. The van der Waals surface area contributed by atoms with Crippen LogP contribution in [0.4, 0.5) is 17.1 Å². The van der Waals surface area contributed by atoms with E-state index < -0.39 is 0 Å². The third kappa shape index (κ3) is 5.57. The lowest BCUT2D eigenvalue weighted by Crippen LogP contribution is -2.41. The minimum absolute atomic E-state index is 0.0194. The van der Waals surface area contributed by atoms with Crippen LogP contribution >= 0.6 is 0 Å². The van der Waals surface area contributed by atoms with Crippen LogP contribution in [0.3, 0.4) is 0 Å². The van der Waals surface area contributed by atoms with Crippen molar-refractivity contribution in [2.75, 3.05) is 44.6 Å². The summed E-state index contributed by atoms with van der Waals surface area (Å²) in [6.07, 6.45) is 1.21. The van der Waals surface area contributed by atoms with Gasteiger partial charge in [-0.3, -0.25) is 9.59 Å². The lowest BCUT2D eigenvalue weighted by atomic mass is 9.95. The van der Waals surface area contributed by atoms with Crippen LogP contribution in [0.2, 0.25) is 0 Å². The number of carbonyl (C=O) groups is 2. The number of piperidine rings is 1. The maximum Gasteiger partial charge on any atom is 0.254 e. The van der Waals surface area contributed by atoms with E-state index in [0.717, 1.165) is 17.1 Å². The van der Waals surface area contributed by atoms with Crippen molar-refractivity contribution in [1.82, 2.24) is 4.90 Å². The summed E-state index contributed by atoms with van der Waals surface area (Å²) in [5.41, 5.74) is 3.25. The van der Waals surface area contributed by atoms with Gasteiger partial charge >= 0.3 is 0 Å². The van der Waals surface area contributed by atoms with E-state index in [4.69, 9.17) is 9.47 Å². The third-order valence-electron chi connectivity index (χ3n) is 6.42. The number of rotatable bonds is 7. The molecule has 0 unspecified atom stereocenters. The van der Waals surface area contributed by atoms with Gasteiger partial charge in [-0.1, -0.05) is 30.3 Å². The zero-order valence-corrected chi connectivity index (χ0v) is 20.4. The number of ether oxygens (including phenoxy) is 2. The van der Waals surface area contributed by atoms with Gasteiger partial charge in [-0.15, -0.1) is 0 Å². The van der Waals surface area contributed by atoms with Crippen molar-refractivity contribution in [3.63, 3.8) is 0 Å². The van der Waals surface area contributed by atoms with Gasteiger partial charge in [0.2, 0.25) is 5.91 Å². The van der Waals surface area contributed by atoms with Crippen molar-refractivity contribution < 1.29 is 19.1 Å². The van der Waals surface area contributed by atoms with Crippen molar-refractivity contribution in [3.8, 4) is 11.5 Å². The first kappa shape index (κ1) is 24.1. The van der Waals surface area contributed by atoms with Gasteiger partial charge in [0.25, 0.3) is 5.91 Å². The Hall–Kier alpha value is -4.00. The lowest BCUT2D eigenvalue weighted by Gasteiger charge is -2.32. The first-order valence-corrected chi connectivity index (χ1v) is 11.7. The van der Waals surface area contributed by atoms with E-state index in [-0.39, 0.29) is 17.7 Å². The fourth-order valence-electron chi connectivity index (χ4n) is 4.36. The molecule has 0 radical (unpaired) electrons.